The fourth-order valence-electron chi connectivity index (χ4n) is 1.74. The number of aliphatic hydroxyl groups excluding tert-OH is 1. The highest BCUT2D eigenvalue weighted by atomic mass is 16.4. The summed E-state index contributed by atoms with van der Waals surface area (Å²) in [5, 5.41) is 19.9. The van der Waals surface area contributed by atoms with Gasteiger partial charge in [-0.05, 0) is 22.4 Å². The van der Waals surface area contributed by atoms with Gasteiger partial charge in [-0.3, -0.25) is 0 Å². The Morgan fingerprint density at radius 2 is 1.82 bits per heavy atom. The third kappa shape index (κ3) is 2.34. The largest absolute Gasteiger partial charge is 0.478 e. The molecule has 0 aromatic heterocycles. The molecule has 0 unspecified atom stereocenters. The van der Waals surface area contributed by atoms with Crippen LogP contribution in [0.2, 0.25) is 0 Å². The first kappa shape index (κ1) is 11.4. The molecule has 0 saturated heterocycles. The molecule has 0 radical (unpaired) electrons. The number of rotatable bonds is 3. The Hall–Kier alpha value is -2.13. The summed E-state index contributed by atoms with van der Waals surface area (Å²) in [6.07, 6.45) is 1.50. The molecule has 0 saturated carbocycles. The third-order valence-electron chi connectivity index (χ3n) is 2.60. The molecule has 3 nitrogen and oxygen atoms in total. The Kier molecular flexibility index (Phi) is 3.21. The minimum absolute atomic E-state index is 0.0126. The fourth-order valence-corrected chi connectivity index (χ4v) is 1.74. The first-order valence-corrected chi connectivity index (χ1v) is 5.25. The molecule has 0 heterocycles. The van der Waals surface area contributed by atoms with Gasteiger partial charge < -0.3 is 10.2 Å². The lowest BCUT2D eigenvalue weighted by molar-refractivity contribution is -0.133. The van der Waals surface area contributed by atoms with E-state index < -0.39 is 12.6 Å². The summed E-state index contributed by atoms with van der Waals surface area (Å²) in [7, 11) is 0. The van der Waals surface area contributed by atoms with E-state index in [-0.39, 0.29) is 5.57 Å². The summed E-state index contributed by atoms with van der Waals surface area (Å²) in [6.45, 7) is -0.474. The maximum atomic E-state index is 10.8. The van der Waals surface area contributed by atoms with Gasteiger partial charge in [0.15, 0.2) is 0 Å². The van der Waals surface area contributed by atoms with Crippen LogP contribution >= 0.6 is 0 Å². The summed E-state index contributed by atoms with van der Waals surface area (Å²) in [5.41, 5.74) is 0.788. The van der Waals surface area contributed by atoms with Crippen molar-refractivity contribution in [1.82, 2.24) is 0 Å². The highest BCUT2D eigenvalue weighted by molar-refractivity contribution is 5.97. The summed E-state index contributed by atoms with van der Waals surface area (Å²) in [6, 6.07) is 13.4. The van der Waals surface area contributed by atoms with Crippen molar-refractivity contribution in [2.24, 2.45) is 0 Å². The average Bonchev–Trinajstić information content (AvgIpc) is 2.35. The van der Waals surface area contributed by atoms with Crippen LogP contribution in [-0.4, -0.2) is 22.8 Å². The second kappa shape index (κ2) is 4.80. The minimum Gasteiger partial charge on any atom is -0.478 e. The highest BCUT2D eigenvalue weighted by Crippen LogP contribution is 2.20. The van der Waals surface area contributed by atoms with E-state index in [1.807, 2.05) is 42.5 Å². The van der Waals surface area contributed by atoms with Crippen molar-refractivity contribution in [2.45, 2.75) is 0 Å². The van der Waals surface area contributed by atoms with Crippen molar-refractivity contribution in [3.63, 3.8) is 0 Å². The van der Waals surface area contributed by atoms with E-state index in [9.17, 15) is 4.79 Å². The molecule has 0 atom stereocenters. The molecule has 0 fully saturated rings. The number of benzene rings is 2. The van der Waals surface area contributed by atoms with Gasteiger partial charge in [-0.1, -0.05) is 42.5 Å². The van der Waals surface area contributed by atoms with Gasteiger partial charge in [0, 0.05) is 0 Å². The molecular weight excluding hydrogens is 216 g/mol. The smallest absolute Gasteiger partial charge is 0.333 e. The first-order valence-electron chi connectivity index (χ1n) is 5.25. The van der Waals surface area contributed by atoms with Crippen molar-refractivity contribution in [2.75, 3.05) is 6.61 Å². The lowest BCUT2D eigenvalue weighted by Gasteiger charge is -2.03. The van der Waals surface area contributed by atoms with Crippen LogP contribution in [0.1, 0.15) is 5.56 Å². The van der Waals surface area contributed by atoms with E-state index in [4.69, 9.17) is 10.2 Å². The number of aliphatic carboxylic acids is 1. The highest BCUT2D eigenvalue weighted by Gasteiger charge is 2.06. The summed E-state index contributed by atoms with van der Waals surface area (Å²) < 4.78 is 0. The molecular formula is C14H12O3. The van der Waals surface area contributed by atoms with E-state index in [2.05, 4.69) is 0 Å². The molecule has 0 aliphatic rings. The Bertz CT molecular complexity index is 580. The van der Waals surface area contributed by atoms with Crippen molar-refractivity contribution in [3.8, 4) is 0 Å². The van der Waals surface area contributed by atoms with Gasteiger partial charge in [0.25, 0.3) is 0 Å². The van der Waals surface area contributed by atoms with Gasteiger partial charge >= 0.3 is 5.97 Å². The van der Waals surface area contributed by atoms with Crippen molar-refractivity contribution < 1.29 is 15.0 Å². The Morgan fingerprint density at radius 3 is 2.53 bits per heavy atom. The summed E-state index contributed by atoms with van der Waals surface area (Å²) >= 11 is 0. The van der Waals surface area contributed by atoms with Crippen LogP contribution in [0.5, 0.6) is 0 Å². The normalized spacial score (nSPS) is 11.7. The Balaban J connectivity index is 2.59. The molecule has 2 aromatic carbocycles. The molecule has 2 aromatic rings. The number of aliphatic hydroxyl groups is 1. The standard InChI is InChI=1S/C14H12O3/c15-9-12(14(16)17)8-11-6-3-5-10-4-1-2-7-13(10)11/h1-8,15H,9H2,(H,16,17). The molecule has 0 spiro atoms. The van der Waals surface area contributed by atoms with E-state index in [1.54, 1.807) is 0 Å². The minimum atomic E-state index is -1.10. The zero-order valence-electron chi connectivity index (χ0n) is 9.13. The molecule has 2 N–H and O–H groups in total. The molecule has 0 aliphatic carbocycles. The van der Waals surface area contributed by atoms with Crippen LogP contribution < -0.4 is 0 Å². The van der Waals surface area contributed by atoms with Crippen LogP contribution in [0.15, 0.2) is 48.0 Å². The maximum Gasteiger partial charge on any atom is 0.333 e. The lowest BCUT2D eigenvalue weighted by atomic mass is 10.0. The number of fused-ring (bicyclic) bond motifs is 1. The number of carboxylic acid groups (broad SMARTS) is 1. The predicted molar refractivity (Wildman–Crippen MR) is 66.6 cm³/mol. The molecule has 2 rings (SSSR count). The quantitative estimate of drug-likeness (QED) is 0.792. The maximum absolute atomic E-state index is 10.8. The van der Waals surface area contributed by atoms with Gasteiger partial charge in [0.1, 0.15) is 0 Å². The van der Waals surface area contributed by atoms with Gasteiger partial charge in [-0.2, -0.15) is 0 Å². The molecule has 3 heteroatoms. The topological polar surface area (TPSA) is 57.5 Å². The van der Waals surface area contributed by atoms with Crippen LogP contribution in [0.25, 0.3) is 16.8 Å². The predicted octanol–water partition coefficient (Wildman–Crippen LogP) is 2.30. The zero-order chi connectivity index (χ0) is 12.3. The first-order chi connectivity index (χ1) is 8.22. The van der Waals surface area contributed by atoms with Gasteiger partial charge in [-0.25, -0.2) is 4.79 Å². The SMILES string of the molecule is O=C(O)C(=Cc1cccc2ccccc12)CO. The van der Waals surface area contributed by atoms with E-state index in [0.717, 1.165) is 16.3 Å². The molecule has 0 amide bonds. The zero-order valence-corrected chi connectivity index (χ0v) is 9.13. The van der Waals surface area contributed by atoms with Crippen molar-refractivity contribution in [1.29, 1.82) is 0 Å². The number of carbonyl (C=O) groups is 1. The van der Waals surface area contributed by atoms with E-state index in [1.165, 1.54) is 6.08 Å². The van der Waals surface area contributed by atoms with Crippen molar-refractivity contribution in [3.05, 3.63) is 53.6 Å². The lowest BCUT2D eigenvalue weighted by Crippen LogP contribution is -2.04. The van der Waals surface area contributed by atoms with Crippen LogP contribution in [0, 0.1) is 0 Å². The van der Waals surface area contributed by atoms with Gasteiger partial charge in [0.05, 0.1) is 12.2 Å². The second-order valence-electron chi connectivity index (χ2n) is 3.70. The third-order valence-corrected chi connectivity index (χ3v) is 2.60. The number of hydrogen-bond acceptors (Lipinski definition) is 2. The molecule has 0 aliphatic heterocycles. The van der Waals surface area contributed by atoms with Crippen molar-refractivity contribution >= 4 is 22.8 Å². The van der Waals surface area contributed by atoms with Gasteiger partial charge in [0.2, 0.25) is 0 Å². The molecule has 0 bridgehead atoms. The van der Waals surface area contributed by atoms with Crippen LogP contribution in [-0.2, 0) is 4.79 Å². The van der Waals surface area contributed by atoms with Crippen LogP contribution in [0.4, 0.5) is 0 Å². The fraction of sp³-hybridized carbons (Fsp3) is 0.0714. The molecule has 17 heavy (non-hydrogen) atoms. The average molecular weight is 228 g/mol. The van der Waals surface area contributed by atoms with Crippen LogP contribution in [0.3, 0.4) is 0 Å². The summed E-state index contributed by atoms with van der Waals surface area (Å²) in [5.74, 6) is -1.10. The Labute approximate surface area is 98.6 Å². The van der Waals surface area contributed by atoms with Gasteiger partial charge in [-0.15, -0.1) is 0 Å². The van der Waals surface area contributed by atoms with E-state index in [0.29, 0.717) is 0 Å². The number of carboxylic acids is 1. The second-order valence-corrected chi connectivity index (χ2v) is 3.70. The summed E-state index contributed by atoms with van der Waals surface area (Å²) in [4.78, 5) is 10.8. The van der Waals surface area contributed by atoms with E-state index >= 15 is 0 Å². The molecule has 86 valence electrons. The number of hydrogen-bond donors (Lipinski definition) is 2. The monoisotopic (exact) mass is 228 g/mol. The Morgan fingerprint density at radius 1 is 1.12 bits per heavy atom.